The van der Waals surface area contributed by atoms with Crippen molar-refractivity contribution in [3.8, 4) is 17.3 Å². The lowest BCUT2D eigenvalue weighted by Crippen LogP contribution is -2.36. The molecule has 4 heterocycles. The van der Waals surface area contributed by atoms with E-state index < -0.39 is 0 Å². The summed E-state index contributed by atoms with van der Waals surface area (Å²) in [5, 5.41) is 22.7. The number of benzene rings is 1. The van der Waals surface area contributed by atoms with Crippen LogP contribution in [-0.2, 0) is 4.74 Å². The van der Waals surface area contributed by atoms with Gasteiger partial charge in [0.1, 0.15) is 11.9 Å². The van der Waals surface area contributed by atoms with E-state index in [0.29, 0.717) is 42.5 Å². The van der Waals surface area contributed by atoms with E-state index in [4.69, 9.17) is 4.74 Å². The molecule has 9 nitrogen and oxygen atoms in total. The zero-order chi connectivity index (χ0) is 22.6. The molecule has 9 heteroatoms. The normalized spacial score (nSPS) is 18.2. The van der Waals surface area contributed by atoms with E-state index in [9.17, 15) is 10.4 Å². The first-order valence-corrected chi connectivity index (χ1v) is 11.1. The average molecular weight is 444 g/mol. The molecule has 0 unspecified atom stereocenters. The van der Waals surface area contributed by atoms with Crippen molar-refractivity contribution in [2.24, 2.45) is 0 Å². The van der Waals surface area contributed by atoms with Crippen LogP contribution in [0, 0.1) is 11.3 Å². The molecule has 0 spiro atoms. The molecular weight excluding hydrogens is 418 g/mol. The maximum atomic E-state index is 9.81. The number of β-amino-alcohol motifs (C(OH)–C–C–N with tert-alkyl or cyclic N) is 1. The third-order valence-corrected chi connectivity index (χ3v) is 5.90. The van der Waals surface area contributed by atoms with Crippen LogP contribution in [0.4, 0.5) is 23.1 Å². The fraction of sp³-hybridized carbons (Fsp3) is 0.333. The van der Waals surface area contributed by atoms with Crippen LogP contribution >= 0.6 is 0 Å². The highest BCUT2D eigenvalue weighted by Crippen LogP contribution is 2.27. The van der Waals surface area contributed by atoms with Gasteiger partial charge in [0.05, 0.1) is 30.6 Å². The summed E-state index contributed by atoms with van der Waals surface area (Å²) in [5.74, 6) is 1.07. The highest BCUT2D eigenvalue weighted by Gasteiger charge is 2.24. The van der Waals surface area contributed by atoms with E-state index in [1.807, 2.05) is 17.0 Å². The molecule has 1 aromatic carbocycles. The molecule has 0 amide bonds. The third-order valence-electron chi connectivity index (χ3n) is 5.90. The smallest absolute Gasteiger partial charge is 0.227 e. The maximum Gasteiger partial charge on any atom is 0.227 e. The summed E-state index contributed by atoms with van der Waals surface area (Å²) < 4.78 is 5.42. The molecule has 3 aromatic rings. The molecule has 33 heavy (non-hydrogen) atoms. The van der Waals surface area contributed by atoms with Crippen LogP contribution in [0.5, 0.6) is 0 Å². The van der Waals surface area contributed by atoms with Crippen molar-refractivity contribution >= 4 is 23.1 Å². The Morgan fingerprint density at radius 1 is 1.06 bits per heavy atom. The highest BCUT2D eigenvalue weighted by molar-refractivity contribution is 5.67. The standard InChI is InChI=1S/C24H25N7O2/c25-14-17-13-18(15-27-23(17)31-8-6-21(32)16-31)22-5-7-26-24(29-22)28-19-1-3-20(4-2-19)30-9-11-33-12-10-30/h1-5,7,13,15,21,32H,6,8-12,16H2,(H,26,28,29)/t21-/m0/s1. The van der Waals surface area contributed by atoms with Crippen LogP contribution in [0.3, 0.4) is 0 Å². The van der Waals surface area contributed by atoms with Gasteiger partial charge >= 0.3 is 0 Å². The number of anilines is 4. The highest BCUT2D eigenvalue weighted by atomic mass is 16.5. The molecular formula is C24H25N7O2. The lowest BCUT2D eigenvalue weighted by Gasteiger charge is -2.28. The van der Waals surface area contributed by atoms with E-state index >= 15 is 0 Å². The van der Waals surface area contributed by atoms with Crippen LogP contribution in [-0.4, -0.2) is 65.6 Å². The Kier molecular flexibility index (Phi) is 6.02. The third kappa shape index (κ3) is 4.72. The summed E-state index contributed by atoms with van der Waals surface area (Å²) in [6.07, 6.45) is 3.70. The number of aliphatic hydroxyl groups excluding tert-OH is 1. The lowest BCUT2D eigenvalue weighted by molar-refractivity contribution is 0.122. The Morgan fingerprint density at radius 2 is 1.88 bits per heavy atom. The number of aliphatic hydroxyl groups is 1. The first kappa shape index (κ1) is 21.1. The van der Waals surface area contributed by atoms with Crippen molar-refractivity contribution in [2.45, 2.75) is 12.5 Å². The number of morpholine rings is 1. The second kappa shape index (κ2) is 9.40. The van der Waals surface area contributed by atoms with Gasteiger partial charge in [-0.15, -0.1) is 0 Å². The van der Waals surface area contributed by atoms with Crippen molar-refractivity contribution in [1.82, 2.24) is 15.0 Å². The van der Waals surface area contributed by atoms with Crippen molar-refractivity contribution in [3.63, 3.8) is 0 Å². The molecule has 5 rings (SSSR count). The number of nitriles is 1. The quantitative estimate of drug-likeness (QED) is 0.615. The molecule has 168 valence electrons. The zero-order valence-electron chi connectivity index (χ0n) is 18.2. The Bertz CT molecular complexity index is 1160. The molecule has 2 N–H and O–H groups in total. The number of hydrogen-bond donors (Lipinski definition) is 2. The van der Waals surface area contributed by atoms with Gasteiger partial charge in [-0.25, -0.2) is 15.0 Å². The van der Waals surface area contributed by atoms with E-state index in [2.05, 4.69) is 43.4 Å². The molecule has 1 atom stereocenters. The summed E-state index contributed by atoms with van der Waals surface area (Å²) in [6, 6.07) is 14.0. The van der Waals surface area contributed by atoms with Gasteiger partial charge in [-0.2, -0.15) is 5.26 Å². The monoisotopic (exact) mass is 443 g/mol. The second-order valence-corrected chi connectivity index (χ2v) is 8.13. The molecule has 0 bridgehead atoms. The van der Waals surface area contributed by atoms with Crippen molar-refractivity contribution < 1.29 is 9.84 Å². The summed E-state index contributed by atoms with van der Waals surface area (Å²) >= 11 is 0. The van der Waals surface area contributed by atoms with E-state index in [0.717, 1.165) is 37.6 Å². The number of ether oxygens (including phenoxy) is 1. The largest absolute Gasteiger partial charge is 0.391 e. The van der Waals surface area contributed by atoms with E-state index in [-0.39, 0.29) is 6.10 Å². The summed E-state index contributed by atoms with van der Waals surface area (Å²) in [7, 11) is 0. The van der Waals surface area contributed by atoms with E-state index in [1.54, 1.807) is 24.5 Å². The first-order chi connectivity index (χ1) is 16.2. The van der Waals surface area contributed by atoms with Gasteiger partial charge in [0, 0.05) is 55.5 Å². The number of pyridine rings is 1. The number of aromatic nitrogens is 3. The molecule has 2 aromatic heterocycles. The number of rotatable bonds is 5. The predicted molar refractivity (Wildman–Crippen MR) is 126 cm³/mol. The summed E-state index contributed by atoms with van der Waals surface area (Å²) in [6.45, 7) is 4.48. The van der Waals surface area contributed by atoms with Gasteiger partial charge in [0.25, 0.3) is 0 Å². The molecule has 0 aliphatic carbocycles. The molecule has 2 fully saturated rings. The second-order valence-electron chi connectivity index (χ2n) is 8.13. The topological polar surface area (TPSA) is 110 Å². The van der Waals surface area contributed by atoms with Gasteiger partial charge in [-0.3, -0.25) is 0 Å². The summed E-state index contributed by atoms with van der Waals surface area (Å²) in [4.78, 5) is 17.7. The number of hydrogen-bond acceptors (Lipinski definition) is 9. The fourth-order valence-corrected chi connectivity index (χ4v) is 4.15. The van der Waals surface area contributed by atoms with Crippen LogP contribution in [0.25, 0.3) is 11.3 Å². The van der Waals surface area contributed by atoms with Gasteiger partial charge in [-0.05, 0) is 42.8 Å². The minimum atomic E-state index is -0.378. The minimum Gasteiger partial charge on any atom is -0.391 e. The average Bonchev–Trinajstić information content (AvgIpc) is 3.31. The molecule has 2 aliphatic heterocycles. The Labute approximate surface area is 192 Å². The van der Waals surface area contributed by atoms with Crippen molar-refractivity contribution in [3.05, 3.63) is 54.4 Å². The maximum absolute atomic E-state index is 9.81. The van der Waals surface area contributed by atoms with E-state index in [1.165, 1.54) is 5.69 Å². The Morgan fingerprint density at radius 3 is 2.61 bits per heavy atom. The van der Waals surface area contributed by atoms with Crippen molar-refractivity contribution in [2.75, 3.05) is 54.5 Å². The predicted octanol–water partition coefficient (Wildman–Crippen LogP) is 2.56. The van der Waals surface area contributed by atoms with Crippen LogP contribution in [0.15, 0.2) is 48.8 Å². The SMILES string of the molecule is N#Cc1cc(-c2ccnc(Nc3ccc(N4CCOCC4)cc3)n2)cnc1N1CC[C@H](O)C1. The molecule has 0 radical (unpaired) electrons. The zero-order valence-corrected chi connectivity index (χ0v) is 18.2. The van der Waals surface area contributed by atoms with Gasteiger partial charge in [0.2, 0.25) is 5.95 Å². The van der Waals surface area contributed by atoms with Crippen LogP contribution in [0.2, 0.25) is 0 Å². The first-order valence-electron chi connectivity index (χ1n) is 11.1. The molecule has 0 saturated carbocycles. The minimum absolute atomic E-state index is 0.378. The lowest BCUT2D eigenvalue weighted by atomic mass is 10.1. The molecule has 2 saturated heterocycles. The fourth-order valence-electron chi connectivity index (χ4n) is 4.15. The Hall–Kier alpha value is -3.74. The van der Waals surface area contributed by atoms with Crippen LogP contribution in [0.1, 0.15) is 12.0 Å². The Balaban J connectivity index is 1.32. The van der Waals surface area contributed by atoms with Crippen molar-refractivity contribution in [1.29, 1.82) is 5.26 Å². The number of nitrogens with one attached hydrogen (secondary N) is 1. The number of nitrogens with zero attached hydrogens (tertiary/aromatic N) is 6. The van der Waals surface area contributed by atoms with Crippen LogP contribution < -0.4 is 15.1 Å². The van der Waals surface area contributed by atoms with Gasteiger partial charge < -0.3 is 25.0 Å². The molecule has 2 aliphatic rings. The van der Waals surface area contributed by atoms with Gasteiger partial charge in [0.15, 0.2) is 0 Å². The summed E-state index contributed by atoms with van der Waals surface area (Å²) in [5.41, 5.74) is 3.94. The van der Waals surface area contributed by atoms with Gasteiger partial charge in [-0.1, -0.05) is 0 Å².